The predicted molar refractivity (Wildman–Crippen MR) is 111 cm³/mol. The second-order valence-electron chi connectivity index (χ2n) is 7.01. The van der Waals surface area contributed by atoms with Crippen LogP contribution in [0.3, 0.4) is 0 Å². The molecule has 0 aliphatic carbocycles. The fourth-order valence-electron chi connectivity index (χ4n) is 3.27. The van der Waals surface area contributed by atoms with E-state index in [0.29, 0.717) is 49.7 Å². The zero-order valence-electron chi connectivity index (χ0n) is 16.4. The van der Waals surface area contributed by atoms with Gasteiger partial charge in [0.15, 0.2) is 0 Å². The lowest BCUT2D eigenvalue weighted by molar-refractivity contribution is -0.384. The minimum atomic E-state index is -3.47. The number of nitro benzene ring substituents is 1. The van der Waals surface area contributed by atoms with Crippen LogP contribution < -0.4 is 5.32 Å². The molecule has 1 aliphatic rings. The number of nitrogens with one attached hydrogen (secondary N) is 1. The van der Waals surface area contributed by atoms with Crippen LogP contribution in [0.5, 0.6) is 0 Å². The number of nitro groups is 1. The number of rotatable bonds is 8. The van der Waals surface area contributed by atoms with Crippen molar-refractivity contribution in [1.82, 2.24) is 14.5 Å². The van der Waals surface area contributed by atoms with Gasteiger partial charge in [-0.05, 0) is 17.7 Å². The van der Waals surface area contributed by atoms with Gasteiger partial charge in [-0.3, -0.25) is 19.8 Å². The first-order chi connectivity index (χ1) is 14.4. The summed E-state index contributed by atoms with van der Waals surface area (Å²) >= 11 is 0. The molecule has 3 rings (SSSR count). The fraction of sp³-hybridized carbons (Fsp3) is 0.350. The van der Waals surface area contributed by atoms with Gasteiger partial charge < -0.3 is 5.32 Å². The van der Waals surface area contributed by atoms with E-state index >= 15 is 0 Å². The number of carbonyl (C=O) groups excluding carboxylic acids is 1. The maximum Gasteiger partial charge on any atom is 0.269 e. The van der Waals surface area contributed by atoms with Gasteiger partial charge in [-0.2, -0.15) is 4.31 Å². The van der Waals surface area contributed by atoms with Gasteiger partial charge in [0.25, 0.3) is 5.69 Å². The van der Waals surface area contributed by atoms with Crippen LogP contribution in [0.2, 0.25) is 0 Å². The molecule has 1 aliphatic heterocycles. The molecule has 0 saturated carbocycles. The van der Waals surface area contributed by atoms with Crippen molar-refractivity contribution in [3.63, 3.8) is 0 Å². The summed E-state index contributed by atoms with van der Waals surface area (Å²) in [5.41, 5.74) is 0.699. The molecule has 0 unspecified atom stereocenters. The zero-order valence-corrected chi connectivity index (χ0v) is 17.3. The molecule has 2 aromatic carbocycles. The molecule has 0 atom stereocenters. The SMILES string of the molecule is O=C(Cc1ccc([N+](=O)[O-])cc1)NCCN1CCN(S(=O)(=O)c2ccccc2)CC1. The molecule has 9 nitrogen and oxygen atoms in total. The summed E-state index contributed by atoms with van der Waals surface area (Å²) < 4.78 is 26.8. The molecule has 2 aromatic rings. The number of amides is 1. The van der Waals surface area contributed by atoms with Crippen LogP contribution in [-0.2, 0) is 21.2 Å². The van der Waals surface area contributed by atoms with E-state index in [1.54, 1.807) is 42.5 Å². The molecule has 1 heterocycles. The Balaban J connectivity index is 1.39. The van der Waals surface area contributed by atoms with Gasteiger partial charge in [0.1, 0.15) is 0 Å². The minimum absolute atomic E-state index is 0.00687. The number of non-ortho nitro benzene ring substituents is 1. The third-order valence-corrected chi connectivity index (χ3v) is 6.89. The topological polar surface area (TPSA) is 113 Å². The second kappa shape index (κ2) is 9.79. The monoisotopic (exact) mass is 432 g/mol. The van der Waals surface area contributed by atoms with Crippen LogP contribution in [0.25, 0.3) is 0 Å². The summed E-state index contributed by atoms with van der Waals surface area (Å²) in [4.78, 5) is 24.7. The summed E-state index contributed by atoms with van der Waals surface area (Å²) in [5.74, 6) is -0.158. The van der Waals surface area contributed by atoms with Gasteiger partial charge in [-0.15, -0.1) is 0 Å². The van der Waals surface area contributed by atoms with E-state index in [-0.39, 0.29) is 18.0 Å². The van der Waals surface area contributed by atoms with Crippen LogP contribution in [0.15, 0.2) is 59.5 Å². The Labute approximate surface area is 175 Å². The highest BCUT2D eigenvalue weighted by Gasteiger charge is 2.28. The van der Waals surface area contributed by atoms with Gasteiger partial charge in [0.2, 0.25) is 15.9 Å². The van der Waals surface area contributed by atoms with E-state index in [4.69, 9.17) is 0 Å². The largest absolute Gasteiger partial charge is 0.355 e. The van der Waals surface area contributed by atoms with Crippen LogP contribution in [-0.4, -0.2) is 67.7 Å². The lowest BCUT2D eigenvalue weighted by Crippen LogP contribution is -2.50. The van der Waals surface area contributed by atoms with Gasteiger partial charge in [0.05, 0.1) is 16.2 Å². The average molecular weight is 433 g/mol. The lowest BCUT2D eigenvalue weighted by atomic mass is 10.1. The van der Waals surface area contributed by atoms with Gasteiger partial charge >= 0.3 is 0 Å². The summed E-state index contributed by atoms with van der Waals surface area (Å²) in [6, 6.07) is 14.3. The zero-order chi connectivity index (χ0) is 21.6. The Morgan fingerprint density at radius 3 is 2.23 bits per heavy atom. The Morgan fingerprint density at radius 2 is 1.63 bits per heavy atom. The molecule has 0 spiro atoms. The Bertz CT molecular complexity index is 972. The second-order valence-corrected chi connectivity index (χ2v) is 8.95. The van der Waals surface area contributed by atoms with Crippen molar-refractivity contribution >= 4 is 21.6 Å². The molecule has 160 valence electrons. The third kappa shape index (κ3) is 5.62. The van der Waals surface area contributed by atoms with E-state index in [0.717, 1.165) is 0 Å². The first kappa shape index (κ1) is 21.9. The highest BCUT2D eigenvalue weighted by Crippen LogP contribution is 2.17. The Hall–Kier alpha value is -2.82. The quantitative estimate of drug-likeness (QED) is 0.496. The molecule has 1 N–H and O–H groups in total. The number of piperazine rings is 1. The molecule has 0 aromatic heterocycles. The average Bonchev–Trinajstić information content (AvgIpc) is 2.75. The van der Waals surface area contributed by atoms with Gasteiger partial charge in [-0.1, -0.05) is 30.3 Å². The molecule has 10 heteroatoms. The molecule has 30 heavy (non-hydrogen) atoms. The molecule has 1 saturated heterocycles. The van der Waals surface area contributed by atoms with E-state index in [9.17, 15) is 23.3 Å². The van der Waals surface area contributed by atoms with Crippen LogP contribution in [0.4, 0.5) is 5.69 Å². The van der Waals surface area contributed by atoms with Crippen molar-refractivity contribution in [2.75, 3.05) is 39.3 Å². The van der Waals surface area contributed by atoms with Crippen molar-refractivity contribution in [3.8, 4) is 0 Å². The van der Waals surface area contributed by atoms with E-state index in [2.05, 4.69) is 10.2 Å². The number of sulfonamides is 1. The van der Waals surface area contributed by atoms with Crippen molar-refractivity contribution in [2.24, 2.45) is 0 Å². The number of benzene rings is 2. The fourth-order valence-corrected chi connectivity index (χ4v) is 4.72. The number of nitrogens with zero attached hydrogens (tertiary/aromatic N) is 3. The molecule has 1 amide bonds. The standard InChI is InChI=1S/C20H24N4O5S/c25-20(16-17-6-8-18(9-7-17)24(26)27)21-10-11-22-12-14-23(15-13-22)30(28,29)19-4-2-1-3-5-19/h1-9H,10-16H2,(H,21,25). The molecule has 1 fully saturated rings. The maximum atomic E-state index is 12.6. The lowest BCUT2D eigenvalue weighted by Gasteiger charge is -2.33. The molecular weight excluding hydrogens is 408 g/mol. The van der Waals surface area contributed by atoms with Crippen molar-refractivity contribution in [1.29, 1.82) is 0 Å². The molecule has 0 bridgehead atoms. The first-order valence-corrected chi connectivity index (χ1v) is 11.1. The smallest absolute Gasteiger partial charge is 0.269 e. The summed E-state index contributed by atoms with van der Waals surface area (Å²) in [5, 5.41) is 13.5. The minimum Gasteiger partial charge on any atom is -0.355 e. The van der Waals surface area contributed by atoms with E-state index in [1.165, 1.54) is 16.4 Å². The summed E-state index contributed by atoms with van der Waals surface area (Å²) in [7, 11) is -3.47. The molecular formula is C20H24N4O5S. The highest BCUT2D eigenvalue weighted by molar-refractivity contribution is 7.89. The third-order valence-electron chi connectivity index (χ3n) is 4.97. The van der Waals surface area contributed by atoms with E-state index in [1.807, 2.05) is 0 Å². The first-order valence-electron chi connectivity index (χ1n) is 9.64. The predicted octanol–water partition coefficient (Wildman–Crippen LogP) is 1.26. The van der Waals surface area contributed by atoms with Crippen molar-refractivity contribution < 1.29 is 18.1 Å². The van der Waals surface area contributed by atoms with Crippen LogP contribution >= 0.6 is 0 Å². The van der Waals surface area contributed by atoms with Crippen LogP contribution in [0.1, 0.15) is 5.56 Å². The molecule has 0 radical (unpaired) electrons. The van der Waals surface area contributed by atoms with Gasteiger partial charge in [0, 0.05) is 51.4 Å². The van der Waals surface area contributed by atoms with Crippen molar-refractivity contribution in [3.05, 3.63) is 70.3 Å². The number of hydrogen-bond donors (Lipinski definition) is 1. The summed E-state index contributed by atoms with van der Waals surface area (Å²) in [6.07, 6.45) is 0.154. The normalized spacial score (nSPS) is 15.6. The van der Waals surface area contributed by atoms with Gasteiger partial charge in [-0.25, -0.2) is 8.42 Å². The summed E-state index contributed by atoms with van der Waals surface area (Å²) in [6.45, 7) is 3.11. The van der Waals surface area contributed by atoms with Crippen LogP contribution in [0, 0.1) is 10.1 Å². The Kier molecular flexibility index (Phi) is 7.14. The van der Waals surface area contributed by atoms with Crippen molar-refractivity contribution in [2.45, 2.75) is 11.3 Å². The Morgan fingerprint density at radius 1 is 1.00 bits per heavy atom. The maximum absolute atomic E-state index is 12.6. The van der Waals surface area contributed by atoms with E-state index < -0.39 is 14.9 Å². The number of carbonyl (C=O) groups is 1. The number of hydrogen-bond acceptors (Lipinski definition) is 6. The highest BCUT2D eigenvalue weighted by atomic mass is 32.2.